The van der Waals surface area contributed by atoms with Crippen LogP contribution in [0.4, 0.5) is 5.82 Å². The monoisotopic (exact) mass is 371 g/mol. The zero-order valence-corrected chi connectivity index (χ0v) is 16.6. The molecule has 0 spiro atoms. The molecule has 28 heavy (non-hydrogen) atoms. The minimum Gasteiger partial charge on any atom is -0.494 e. The van der Waals surface area contributed by atoms with Crippen molar-refractivity contribution in [2.24, 2.45) is 5.92 Å². The third-order valence-corrected chi connectivity index (χ3v) is 4.53. The van der Waals surface area contributed by atoms with Gasteiger partial charge in [0.25, 0.3) is 0 Å². The van der Waals surface area contributed by atoms with Crippen LogP contribution in [0.1, 0.15) is 31.9 Å². The summed E-state index contributed by atoms with van der Waals surface area (Å²) in [6.45, 7) is 6.98. The molecule has 1 heterocycles. The number of ether oxygens (including phenoxy) is 1. The maximum atomic E-state index is 9.59. The lowest BCUT2D eigenvalue weighted by Gasteiger charge is -2.12. The SMILES string of the molecule is CCOc1ccc(-c2cc(-c3ccc(CC(C)C)cc3)nc(N)c2C#N)cc1. The summed E-state index contributed by atoms with van der Waals surface area (Å²) >= 11 is 0. The number of aromatic nitrogens is 1. The van der Waals surface area contributed by atoms with Gasteiger partial charge in [-0.3, -0.25) is 0 Å². The molecule has 0 saturated heterocycles. The highest BCUT2D eigenvalue weighted by Crippen LogP contribution is 2.32. The minimum absolute atomic E-state index is 0.246. The summed E-state index contributed by atoms with van der Waals surface area (Å²) < 4.78 is 5.51. The lowest BCUT2D eigenvalue weighted by molar-refractivity contribution is 0.340. The van der Waals surface area contributed by atoms with E-state index in [1.54, 1.807) is 0 Å². The van der Waals surface area contributed by atoms with Crippen LogP contribution in [-0.4, -0.2) is 11.6 Å². The summed E-state index contributed by atoms with van der Waals surface area (Å²) in [5, 5.41) is 9.59. The molecule has 4 nitrogen and oxygen atoms in total. The van der Waals surface area contributed by atoms with E-state index < -0.39 is 0 Å². The Balaban J connectivity index is 2.01. The molecule has 0 saturated carbocycles. The molecule has 2 aromatic carbocycles. The molecule has 0 unspecified atom stereocenters. The Morgan fingerprint density at radius 2 is 1.68 bits per heavy atom. The molecule has 3 rings (SSSR count). The summed E-state index contributed by atoms with van der Waals surface area (Å²) in [6.07, 6.45) is 1.04. The Bertz CT molecular complexity index is 984. The first kappa shape index (κ1) is 19.4. The number of benzene rings is 2. The number of rotatable bonds is 6. The average Bonchev–Trinajstić information content (AvgIpc) is 2.68. The first-order chi connectivity index (χ1) is 13.5. The van der Waals surface area contributed by atoms with Crippen LogP contribution in [-0.2, 0) is 6.42 Å². The van der Waals surface area contributed by atoms with Gasteiger partial charge in [-0.2, -0.15) is 5.26 Å². The number of hydrogen-bond donors (Lipinski definition) is 1. The Morgan fingerprint density at radius 3 is 2.25 bits per heavy atom. The molecule has 0 atom stereocenters. The van der Waals surface area contributed by atoms with Crippen LogP contribution < -0.4 is 10.5 Å². The highest BCUT2D eigenvalue weighted by Gasteiger charge is 2.14. The molecular weight excluding hydrogens is 346 g/mol. The van der Waals surface area contributed by atoms with Crippen molar-refractivity contribution in [3.63, 3.8) is 0 Å². The molecule has 0 amide bonds. The summed E-state index contributed by atoms with van der Waals surface area (Å²) in [5.74, 6) is 1.66. The number of pyridine rings is 1. The Labute approximate surface area is 166 Å². The minimum atomic E-state index is 0.246. The van der Waals surface area contributed by atoms with Gasteiger partial charge in [0.2, 0.25) is 0 Å². The third-order valence-electron chi connectivity index (χ3n) is 4.53. The second kappa shape index (κ2) is 8.58. The summed E-state index contributed by atoms with van der Waals surface area (Å²) in [5.41, 5.74) is 11.2. The standard InChI is InChI=1S/C24H25N3O/c1-4-28-20-11-9-18(10-12-20)21-14-23(27-24(26)22(21)15-25)19-7-5-17(6-8-19)13-16(2)3/h5-12,14,16H,4,13H2,1-3H3,(H2,26,27). The molecule has 0 bridgehead atoms. The van der Waals surface area contributed by atoms with E-state index in [2.05, 4.69) is 49.2 Å². The first-order valence-electron chi connectivity index (χ1n) is 9.55. The van der Waals surface area contributed by atoms with E-state index in [1.165, 1.54) is 5.56 Å². The van der Waals surface area contributed by atoms with Crippen molar-refractivity contribution in [3.05, 3.63) is 65.7 Å². The third kappa shape index (κ3) is 4.32. The zero-order valence-electron chi connectivity index (χ0n) is 16.6. The Morgan fingerprint density at radius 1 is 1.04 bits per heavy atom. The molecule has 0 aliphatic rings. The molecular formula is C24H25N3O. The second-order valence-corrected chi connectivity index (χ2v) is 7.18. The first-order valence-corrected chi connectivity index (χ1v) is 9.55. The Hall–Kier alpha value is -3.32. The van der Waals surface area contributed by atoms with Crippen molar-refractivity contribution in [2.75, 3.05) is 12.3 Å². The van der Waals surface area contributed by atoms with E-state index in [4.69, 9.17) is 10.5 Å². The highest BCUT2D eigenvalue weighted by atomic mass is 16.5. The van der Waals surface area contributed by atoms with E-state index in [9.17, 15) is 5.26 Å². The molecule has 0 aliphatic carbocycles. The van der Waals surface area contributed by atoms with Crippen LogP contribution in [0, 0.1) is 17.2 Å². The van der Waals surface area contributed by atoms with Crippen LogP contribution >= 0.6 is 0 Å². The molecule has 4 heteroatoms. The van der Waals surface area contributed by atoms with Gasteiger partial charge in [-0.1, -0.05) is 50.2 Å². The fraction of sp³-hybridized carbons (Fsp3) is 0.250. The molecule has 0 fully saturated rings. The van der Waals surface area contributed by atoms with Crippen molar-refractivity contribution >= 4 is 5.82 Å². The van der Waals surface area contributed by atoms with Gasteiger partial charge < -0.3 is 10.5 Å². The van der Waals surface area contributed by atoms with Crippen molar-refractivity contribution in [3.8, 4) is 34.2 Å². The molecule has 0 radical (unpaired) electrons. The van der Waals surface area contributed by atoms with Gasteiger partial charge in [0, 0.05) is 11.1 Å². The highest BCUT2D eigenvalue weighted by molar-refractivity contribution is 5.80. The van der Waals surface area contributed by atoms with E-state index in [1.807, 2.05) is 37.3 Å². The smallest absolute Gasteiger partial charge is 0.142 e. The van der Waals surface area contributed by atoms with Crippen LogP contribution in [0.5, 0.6) is 5.75 Å². The molecule has 3 aromatic rings. The molecule has 1 aromatic heterocycles. The van der Waals surface area contributed by atoms with Crippen LogP contribution in [0.15, 0.2) is 54.6 Å². The van der Waals surface area contributed by atoms with E-state index >= 15 is 0 Å². The van der Waals surface area contributed by atoms with Crippen molar-refractivity contribution < 1.29 is 4.74 Å². The number of nitriles is 1. The number of nitrogens with two attached hydrogens (primary N) is 1. The van der Waals surface area contributed by atoms with Gasteiger partial charge in [0.15, 0.2) is 0 Å². The van der Waals surface area contributed by atoms with E-state index in [0.717, 1.165) is 34.6 Å². The summed E-state index contributed by atoms with van der Waals surface area (Å²) in [7, 11) is 0. The topological polar surface area (TPSA) is 71.9 Å². The van der Waals surface area contributed by atoms with Gasteiger partial charge in [0.05, 0.1) is 12.3 Å². The lowest BCUT2D eigenvalue weighted by atomic mass is 9.97. The van der Waals surface area contributed by atoms with Gasteiger partial charge in [-0.25, -0.2) is 4.98 Å². The fourth-order valence-corrected chi connectivity index (χ4v) is 3.24. The number of hydrogen-bond acceptors (Lipinski definition) is 4. The quantitative estimate of drug-likeness (QED) is 0.624. The maximum absolute atomic E-state index is 9.59. The number of nitrogens with zero attached hydrogens (tertiary/aromatic N) is 2. The van der Waals surface area contributed by atoms with Gasteiger partial charge in [-0.15, -0.1) is 0 Å². The van der Waals surface area contributed by atoms with Crippen molar-refractivity contribution in [1.82, 2.24) is 4.98 Å². The van der Waals surface area contributed by atoms with E-state index in [0.29, 0.717) is 18.1 Å². The van der Waals surface area contributed by atoms with E-state index in [-0.39, 0.29) is 5.82 Å². The largest absolute Gasteiger partial charge is 0.494 e. The maximum Gasteiger partial charge on any atom is 0.142 e. The van der Waals surface area contributed by atoms with Gasteiger partial charge in [-0.05, 0) is 48.6 Å². The lowest BCUT2D eigenvalue weighted by Crippen LogP contribution is -2.00. The average molecular weight is 371 g/mol. The Kier molecular flexibility index (Phi) is 5.96. The predicted octanol–water partition coefficient (Wildman–Crippen LogP) is 5.47. The number of anilines is 1. The van der Waals surface area contributed by atoms with Crippen LogP contribution in [0.2, 0.25) is 0 Å². The number of nitrogen functional groups attached to an aromatic ring is 1. The van der Waals surface area contributed by atoms with Gasteiger partial charge in [0.1, 0.15) is 23.2 Å². The van der Waals surface area contributed by atoms with Crippen molar-refractivity contribution in [1.29, 1.82) is 5.26 Å². The summed E-state index contributed by atoms with van der Waals surface area (Å²) in [4.78, 5) is 4.47. The fourth-order valence-electron chi connectivity index (χ4n) is 3.24. The molecule has 142 valence electrons. The normalized spacial score (nSPS) is 10.7. The van der Waals surface area contributed by atoms with Gasteiger partial charge >= 0.3 is 0 Å². The zero-order chi connectivity index (χ0) is 20.1. The second-order valence-electron chi connectivity index (χ2n) is 7.18. The predicted molar refractivity (Wildman–Crippen MR) is 114 cm³/mol. The molecule has 2 N–H and O–H groups in total. The van der Waals surface area contributed by atoms with Crippen molar-refractivity contribution in [2.45, 2.75) is 27.2 Å². The molecule has 0 aliphatic heterocycles. The summed E-state index contributed by atoms with van der Waals surface area (Å²) in [6, 6.07) is 20.2. The van der Waals surface area contributed by atoms with Crippen LogP contribution in [0.3, 0.4) is 0 Å². The van der Waals surface area contributed by atoms with Crippen LogP contribution in [0.25, 0.3) is 22.4 Å².